The number of nitrogens with two attached hydrogens (primary N) is 1. The van der Waals surface area contributed by atoms with Gasteiger partial charge in [-0.25, -0.2) is 0 Å². The van der Waals surface area contributed by atoms with Crippen LogP contribution in [0, 0.1) is 0 Å². The van der Waals surface area contributed by atoms with Gasteiger partial charge >= 0.3 is 6.36 Å². The second-order valence-electron chi connectivity index (χ2n) is 5.50. The van der Waals surface area contributed by atoms with Crippen molar-refractivity contribution >= 4 is 11.6 Å². The monoisotopic (exact) mass is 331 g/mol. The Labute approximate surface area is 132 Å². The van der Waals surface area contributed by atoms with E-state index < -0.39 is 12.4 Å². The molecule has 8 heteroatoms. The van der Waals surface area contributed by atoms with Crippen molar-refractivity contribution in [3.63, 3.8) is 0 Å². The summed E-state index contributed by atoms with van der Waals surface area (Å²) in [6.45, 7) is 3.00. The molecular formula is C15H20F3N3O2. The minimum Gasteiger partial charge on any atom is -0.406 e. The quantitative estimate of drug-likeness (QED) is 0.866. The first-order valence-electron chi connectivity index (χ1n) is 7.45. The Balaban J connectivity index is 1.96. The number of carbonyl (C=O) groups is 1. The van der Waals surface area contributed by atoms with Gasteiger partial charge in [0, 0.05) is 30.9 Å². The van der Waals surface area contributed by atoms with E-state index in [4.69, 9.17) is 5.73 Å². The fraction of sp³-hybridized carbons (Fsp3) is 0.533. The normalized spacial score (nSPS) is 19.5. The number of ether oxygens (including phenoxy) is 1. The molecule has 0 aliphatic carbocycles. The number of nitrogens with one attached hydrogen (secondary N) is 1. The molecule has 5 nitrogen and oxygen atoms in total. The van der Waals surface area contributed by atoms with E-state index in [0.29, 0.717) is 31.6 Å². The van der Waals surface area contributed by atoms with Gasteiger partial charge in [0.2, 0.25) is 5.91 Å². The van der Waals surface area contributed by atoms with Crippen molar-refractivity contribution in [2.75, 3.05) is 18.0 Å². The molecule has 0 bridgehead atoms. The van der Waals surface area contributed by atoms with Crippen LogP contribution in [0.4, 0.5) is 18.9 Å². The Bertz CT molecular complexity index is 551. The van der Waals surface area contributed by atoms with Gasteiger partial charge in [0.15, 0.2) is 0 Å². The third-order valence-electron chi connectivity index (χ3n) is 3.73. The summed E-state index contributed by atoms with van der Waals surface area (Å²) in [4.78, 5) is 13.7. The summed E-state index contributed by atoms with van der Waals surface area (Å²) in [7, 11) is 0. The van der Waals surface area contributed by atoms with Gasteiger partial charge in [-0.15, -0.1) is 13.2 Å². The standard InChI is InChI=1S/C15H20F3N3O2/c1-2-13(19)14(22)20-10-6-7-21(9-10)11-4-3-5-12(8-11)23-15(16,17)18/h3-5,8,10,13H,2,6-7,9,19H2,1H3,(H,20,22)/t10?,13-/m0/s1. The maximum absolute atomic E-state index is 12.3. The Morgan fingerprint density at radius 2 is 2.26 bits per heavy atom. The van der Waals surface area contributed by atoms with Crippen LogP contribution in [0.1, 0.15) is 19.8 Å². The minimum atomic E-state index is -4.71. The average molecular weight is 331 g/mol. The van der Waals surface area contributed by atoms with Crippen molar-refractivity contribution in [3.8, 4) is 5.75 Å². The van der Waals surface area contributed by atoms with Crippen molar-refractivity contribution in [3.05, 3.63) is 24.3 Å². The highest BCUT2D eigenvalue weighted by atomic mass is 19.4. The molecule has 128 valence electrons. The molecule has 2 rings (SSSR count). The molecule has 1 saturated heterocycles. The summed E-state index contributed by atoms with van der Waals surface area (Å²) in [6, 6.07) is 5.22. The van der Waals surface area contributed by atoms with Crippen LogP contribution >= 0.6 is 0 Å². The lowest BCUT2D eigenvalue weighted by molar-refractivity contribution is -0.274. The second-order valence-corrected chi connectivity index (χ2v) is 5.50. The second kappa shape index (κ2) is 7.08. The number of nitrogens with zero attached hydrogens (tertiary/aromatic N) is 1. The predicted molar refractivity (Wildman–Crippen MR) is 80.2 cm³/mol. The first-order valence-corrected chi connectivity index (χ1v) is 7.45. The summed E-state index contributed by atoms with van der Waals surface area (Å²) >= 11 is 0. The number of rotatable bonds is 5. The summed E-state index contributed by atoms with van der Waals surface area (Å²) in [6.07, 6.45) is -3.44. The number of benzene rings is 1. The molecular weight excluding hydrogens is 311 g/mol. The van der Waals surface area contributed by atoms with Crippen LogP contribution in [-0.2, 0) is 4.79 Å². The summed E-state index contributed by atoms with van der Waals surface area (Å²) in [5.41, 5.74) is 6.30. The first-order chi connectivity index (χ1) is 10.8. The SMILES string of the molecule is CC[C@H](N)C(=O)NC1CCN(c2cccc(OC(F)(F)F)c2)C1. The van der Waals surface area contributed by atoms with E-state index >= 15 is 0 Å². The minimum absolute atomic E-state index is 0.0627. The van der Waals surface area contributed by atoms with Crippen LogP contribution < -0.4 is 20.7 Å². The highest BCUT2D eigenvalue weighted by Crippen LogP contribution is 2.28. The van der Waals surface area contributed by atoms with Gasteiger partial charge in [-0.05, 0) is 25.0 Å². The number of amides is 1. The molecule has 1 aliphatic rings. The smallest absolute Gasteiger partial charge is 0.406 e. The number of alkyl halides is 3. The molecule has 0 radical (unpaired) electrons. The zero-order valence-electron chi connectivity index (χ0n) is 12.8. The molecule has 0 aromatic heterocycles. The Morgan fingerprint density at radius 1 is 1.52 bits per heavy atom. The van der Waals surface area contributed by atoms with Crippen molar-refractivity contribution in [2.24, 2.45) is 5.73 Å². The zero-order valence-corrected chi connectivity index (χ0v) is 12.8. The maximum atomic E-state index is 12.3. The van der Waals surface area contributed by atoms with Crippen LogP contribution in [0.15, 0.2) is 24.3 Å². The molecule has 1 amide bonds. The summed E-state index contributed by atoms with van der Waals surface area (Å²) in [5.74, 6) is -0.455. The number of carbonyl (C=O) groups excluding carboxylic acids is 1. The molecule has 2 atom stereocenters. The molecule has 1 fully saturated rings. The largest absolute Gasteiger partial charge is 0.573 e. The summed E-state index contributed by atoms with van der Waals surface area (Å²) in [5, 5.41) is 2.87. The lowest BCUT2D eigenvalue weighted by Gasteiger charge is -2.20. The van der Waals surface area contributed by atoms with Crippen LogP contribution in [-0.4, -0.2) is 37.4 Å². The molecule has 0 saturated carbocycles. The van der Waals surface area contributed by atoms with Gasteiger partial charge in [0.05, 0.1) is 6.04 Å². The highest BCUT2D eigenvalue weighted by Gasteiger charge is 2.31. The van der Waals surface area contributed by atoms with Crippen molar-refractivity contribution < 1.29 is 22.7 Å². The van der Waals surface area contributed by atoms with Crippen LogP contribution in [0.5, 0.6) is 5.75 Å². The predicted octanol–water partition coefficient (Wildman–Crippen LogP) is 2.02. The Hall–Kier alpha value is -1.96. The lowest BCUT2D eigenvalue weighted by Crippen LogP contribution is -2.46. The topological polar surface area (TPSA) is 67.6 Å². The summed E-state index contributed by atoms with van der Waals surface area (Å²) < 4.78 is 40.7. The van der Waals surface area contributed by atoms with Gasteiger partial charge in [-0.1, -0.05) is 13.0 Å². The molecule has 1 unspecified atom stereocenters. The zero-order chi connectivity index (χ0) is 17.0. The molecule has 0 spiro atoms. The lowest BCUT2D eigenvalue weighted by atomic mass is 10.2. The molecule has 1 aliphatic heterocycles. The van der Waals surface area contributed by atoms with Crippen molar-refractivity contribution in [2.45, 2.75) is 38.2 Å². The molecule has 1 heterocycles. The molecule has 23 heavy (non-hydrogen) atoms. The first kappa shape index (κ1) is 17.4. The van der Waals surface area contributed by atoms with Gasteiger partial charge in [0.1, 0.15) is 5.75 Å². The average Bonchev–Trinajstić information content (AvgIpc) is 2.93. The fourth-order valence-corrected chi connectivity index (χ4v) is 2.48. The van der Waals surface area contributed by atoms with Gasteiger partial charge in [-0.3, -0.25) is 4.79 Å². The van der Waals surface area contributed by atoms with E-state index in [-0.39, 0.29) is 17.7 Å². The number of hydrogen-bond donors (Lipinski definition) is 2. The van der Waals surface area contributed by atoms with Crippen molar-refractivity contribution in [1.82, 2.24) is 5.32 Å². The molecule has 3 N–H and O–H groups in total. The van der Waals surface area contributed by atoms with Crippen LogP contribution in [0.2, 0.25) is 0 Å². The maximum Gasteiger partial charge on any atom is 0.573 e. The van der Waals surface area contributed by atoms with Gasteiger partial charge in [-0.2, -0.15) is 0 Å². The van der Waals surface area contributed by atoms with Crippen molar-refractivity contribution in [1.29, 1.82) is 0 Å². The van der Waals surface area contributed by atoms with E-state index in [1.165, 1.54) is 18.2 Å². The van der Waals surface area contributed by atoms with Crippen LogP contribution in [0.25, 0.3) is 0 Å². The van der Waals surface area contributed by atoms with Gasteiger partial charge in [0.25, 0.3) is 0 Å². The molecule has 1 aromatic rings. The fourth-order valence-electron chi connectivity index (χ4n) is 2.48. The van der Waals surface area contributed by atoms with E-state index in [9.17, 15) is 18.0 Å². The van der Waals surface area contributed by atoms with E-state index in [1.54, 1.807) is 6.07 Å². The third kappa shape index (κ3) is 5.02. The Kier molecular flexibility index (Phi) is 5.35. The van der Waals surface area contributed by atoms with E-state index in [1.807, 2.05) is 11.8 Å². The Morgan fingerprint density at radius 3 is 2.91 bits per heavy atom. The van der Waals surface area contributed by atoms with Crippen LogP contribution in [0.3, 0.4) is 0 Å². The number of anilines is 1. The number of halogens is 3. The van der Waals surface area contributed by atoms with E-state index in [0.717, 1.165) is 0 Å². The van der Waals surface area contributed by atoms with Gasteiger partial charge < -0.3 is 20.7 Å². The van der Waals surface area contributed by atoms with E-state index in [2.05, 4.69) is 10.1 Å². The highest BCUT2D eigenvalue weighted by molar-refractivity contribution is 5.81. The third-order valence-corrected chi connectivity index (χ3v) is 3.73. The number of hydrogen-bond acceptors (Lipinski definition) is 4. The molecule has 1 aromatic carbocycles.